The van der Waals surface area contributed by atoms with Crippen molar-refractivity contribution in [2.24, 2.45) is 0 Å². The number of carbonyl (C=O) groups excluding carboxylic acids is 1. The van der Waals surface area contributed by atoms with E-state index in [1.807, 2.05) is 6.92 Å². The molecule has 1 rings (SSSR count). The first kappa shape index (κ1) is 16.4. The van der Waals surface area contributed by atoms with Gasteiger partial charge in [-0.1, -0.05) is 0 Å². The van der Waals surface area contributed by atoms with E-state index in [-0.39, 0.29) is 11.9 Å². The number of hydrogen-bond acceptors (Lipinski definition) is 4. The van der Waals surface area contributed by atoms with Crippen LogP contribution in [0, 0.1) is 0 Å². The fraction of sp³-hybridized carbons (Fsp3) is 0.500. The number of halogens is 1. The highest BCUT2D eigenvalue weighted by Crippen LogP contribution is 2.38. The summed E-state index contributed by atoms with van der Waals surface area (Å²) in [7, 11) is 4.53. The van der Waals surface area contributed by atoms with Crippen LogP contribution in [-0.4, -0.2) is 39.2 Å². The van der Waals surface area contributed by atoms with Crippen LogP contribution in [0.25, 0.3) is 0 Å². The largest absolute Gasteiger partial charge is 0.493 e. The molecule has 5 nitrogen and oxygen atoms in total. The molecule has 0 saturated carbocycles. The Kier molecular flexibility index (Phi) is 6.45. The van der Waals surface area contributed by atoms with Gasteiger partial charge in [-0.05, 0) is 25.5 Å². The second-order valence-electron chi connectivity index (χ2n) is 4.27. The predicted molar refractivity (Wildman–Crippen MR) is 78.4 cm³/mol. The number of alkyl halides is 1. The fourth-order valence-corrected chi connectivity index (χ4v) is 2.08. The van der Waals surface area contributed by atoms with Crippen molar-refractivity contribution < 1.29 is 19.0 Å². The van der Waals surface area contributed by atoms with Crippen molar-refractivity contribution >= 4 is 17.5 Å². The second kappa shape index (κ2) is 7.85. The van der Waals surface area contributed by atoms with Gasteiger partial charge in [-0.25, -0.2) is 0 Å². The zero-order valence-electron chi connectivity index (χ0n) is 12.2. The molecular formula is C14H20ClNO4. The molecule has 1 unspecified atom stereocenters. The molecule has 0 spiro atoms. The van der Waals surface area contributed by atoms with Gasteiger partial charge in [0.2, 0.25) is 5.75 Å². The Morgan fingerprint density at radius 3 is 2.15 bits per heavy atom. The molecular weight excluding hydrogens is 282 g/mol. The van der Waals surface area contributed by atoms with Gasteiger partial charge in [0.1, 0.15) is 0 Å². The van der Waals surface area contributed by atoms with Crippen molar-refractivity contribution in [1.82, 2.24) is 5.32 Å². The van der Waals surface area contributed by atoms with Gasteiger partial charge in [-0.15, -0.1) is 11.6 Å². The lowest BCUT2D eigenvalue weighted by Crippen LogP contribution is -2.32. The zero-order valence-corrected chi connectivity index (χ0v) is 12.9. The molecule has 0 heterocycles. The van der Waals surface area contributed by atoms with E-state index in [4.69, 9.17) is 25.8 Å². The van der Waals surface area contributed by atoms with Crippen molar-refractivity contribution in [3.8, 4) is 17.2 Å². The molecule has 0 radical (unpaired) electrons. The molecule has 6 heteroatoms. The fourth-order valence-electron chi connectivity index (χ4n) is 1.76. The van der Waals surface area contributed by atoms with Gasteiger partial charge >= 0.3 is 0 Å². The highest BCUT2D eigenvalue weighted by Gasteiger charge is 2.17. The van der Waals surface area contributed by atoms with E-state index in [1.165, 1.54) is 21.3 Å². The number of ether oxygens (including phenoxy) is 3. The molecule has 1 atom stereocenters. The number of nitrogens with one attached hydrogen (secondary N) is 1. The summed E-state index contributed by atoms with van der Waals surface area (Å²) in [5, 5.41) is 2.86. The summed E-state index contributed by atoms with van der Waals surface area (Å²) < 4.78 is 15.6. The lowest BCUT2D eigenvalue weighted by Gasteiger charge is -2.16. The average Bonchev–Trinajstić information content (AvgIpc) is 2.45. The van der Waals surface area contributed by atoms with Gasteiger partial charge in [-0.2, -0.15) is 0 Å². The summed E-state index contributed by atoms with van der Waals surface area (Å²) in [5.41, 5.74) is 0.445. The Hall–Kier alpha value is -1.62. The molecule has 1 aromatic carbocycles. The smallest absolute Gasteiger partial charge is 0.251 e. The summed E-state index contributed by atoms with van der Waals surface area (Å²) in [6, 6.07) is 3.23. The minimum atomic E-state index is -0.207. The van der Waals surface area contributed by atoms with Crippen LogP contribution in [-0.2, 0) is 0 Å². The summed E-state index contributed by atoms with van der Waals surface area (Å²) in [6.07, 6.45) is 0.706. The van der Waals surface area contributed by atoms with Crippen molar-refractivity contribution in [3.63, 3.8) is 0 Å². The second-order valence-corrected chi connectivity index (χ2v) is 4.64. The van der Waals surface area contributed by atoms with E-state index < -0.39 is 0 Å². The number of carbonyl (C=O) groups is 1. The van der Waals surface area contributed by atoms with Crippen LogP contribution in [0.2, 0.25) is 0 Å². The van der Waals surface area contributed by atoms with E-state index in [1.54, 1.807) is 12.1 Å². The van der Waals surface area contributed by atoms with Gasteiger partial charge in [0.15, 0.2) is 11.5 Å². The maximum atomic E-state index is 12.2. The lowest BCUT2D eigenvalue weighted by molar-refractivity contribution is 0.0938. The van der Waals surface area contributed by atoms with Gasteiger partial charge < -0.3 is 19.5 Å². The molecule has 20 heavy (non-hydrogen) atoms. The van der Waals surface area contributed by atoms with E-state index in [0.717, 1.165) is 0 Å². The van der Waals surface area contributed by atoms with Crippen LogP contribution >= 0.6 is 11.6 Å². The maximum absolute atomic E-state index is 12.2. The molecule has 0 aliphatic rings. The maximum Gasteiger partial charge on any atom is 0.251 e. The number of hydrogen-bond donors (Lipinski definition) is 1. The third-order valence-corrected chi connectivity index (χ3v) is 3.06. The Labute approximate surface area is 124 Å². The van der Waals surface area contributed by atoms with Gasteiger partial charge in [0, 0.05) is 17.5 Å². The van der Waals surface area contributed by atoms with Crippen LogP contribution in [0.4, 0.5) is 0 Å². The number of amides is 1. The molecule has 0 bridgehead atoms. The Balaban J connectivity index is 3.03. The molecule has 1 amide bonds. The van der Waals surface area contributed by atoms with Crippen LogP contribution in [0.1, 0.15) is 23.7 Å². The van der Waals surface area contributed by atoms with Crippen LogP contribution in [0.3, 0.4) is 0 Å². The number of methoxy groups -OCH3 is 3. The van der Waals surface area contributed by atoms with Crippen LogP contribution in [0.5, 0.6) is 17.2 Å². The van der Waals surface area contributed by atoms with Gasteiger partial charge in [0.05, 0.1) is 21.3 Å². The summed E-state index contributed by atoms with van der Waals surface area (Å²) in [5.74, 6) is 1.64. The molecule has 0 aliphatic carbocycles. The van der Waals surface area contributed by atoms with E-state index in [0.29, 0.717) is 35.1 Å². The average molecular weight is 302 g/mol. The SMILES string of the molecule is COc1cc(C(=O)NC(C)CCCl)cc(OC)c1OC. The first-order valence-corrected chi connectivity index (χ1v) is 6.77. The minimum absolute atomic E-state index is 0.000841. The molecule has 1 aromatic rings. The lowest BCUT2D eigenvalue weighted by atomic mass is 10.1. The van der Waals surface area contributed by atoms with Gasteiger partial charge in [0.25, 0.3) is 5.91 Å². The molecule has 0 fully saturated rings. The molecule has 1 N–H and O–H groups in total. The van der Waals surface area contributed by atoms with Crippen molar-refractivity contribution in [2.45, 2.75) is 19.4 Å². The molecule has 0 saturated heterocycles. The third kappa shape index (κ3) is 3.93. The van der Waals surface area contributed by atoms with Crippen molar-refractivity contribution in [1.29, 1.82) is 0 Å². The number of rotatable bonds is 7. The topological polar surface area (TPSA) is 56.8 Å². The minimum Gasteiger partial charge on any atom is -0.493 e. The van der Waals surface area contributed by atoms with E-state index in [2.05, 4.69) is 5.32 Å². The Bertz CT molecular complexity index is 439. The van der Waals surface area contributed by atoms with Crippen LogP contribution in [0.15, 0.2) is 12.1 Å². The Morgan fingerprint density at radius 1 is 1.20 bits per heavy atom. The monoisotopic (exact) mass is 301 g/mol. The highest BCUT2D eigenvalue weighted by atomic mass is 35.5. The zero-order chi connectivity index (χ0) is 15.1. The predicted octanol–water partition coefficient (Wildman–Crippen LogP) is 2.46. The summed E-state index contributed by atoms with van der Waals surface area (Å²) in [6.45, 7) is 1.90. The first-order valence-electron chi connectivity index (χ1n) is 6.24. The van der Waals surface area contributed by atoms with Crippen molar-refractivity contribution in [3.05, 3.63) is 17.7 Å². The third-order valence-electron chi connectivity index (χ3n) is 2.85. The van der Waals surface area contributed by atoms with Crippen LogP contribution < -0.4 is 19.5 Å². The molecule has 0 aromatic heterocycles. The van der Waals surface area contributed by atoms with Gasteiger partial charge in [-0.3, -0.25) is 4.79 Å². The van der Waals surface area contributed by atoms with Crippen molar-refractivity contribution in [2.75, 3.05) is 27.2 Å². The standard InChI is InChI=1S/C14H20ClNO4/c1-9(5-6-15)16-14(17)10-7-11(18-2)13(20-4)12(8-10)19-3/h7-9H,5-6H2,1-4H3,(H,16,17). The number of benzene rings is 1. The summed E-state index contributed by atoms with van der Waals surface area (Å²) in [4.78, 5) is 12.2. The highest BCUT2D eigenvalue weighted by molar-refractivity contribution is 6.17. The normalized spacial score (nSPS) is 11.7. The van der Waals surface area contributed by atoms with E-state index >= 15 is 0 Å². The van der Waals surface area contributed by atoms with E-state index in [9.17, 15) is 4.79 Å². The molecule has 0 aliphatic heterocycles. The quantitative estimate of drug-likeness (QED) is 0.786. The molecule has 112 valence electrons. The Morgan fingerprint density at radius 2 is 1.75 bits per heavy atom. The first-order chi connectivity index (χ1) is 9.57. The summed E-state index contributed by atoms with van der Waals surface area (Å²) >= 11 is 5.65.